The van der Waals surface area contributed by atoms with E-state index in [4.69, 9.17) is 20.9 Å². The van der Waals surface area contributed by atoms with E-state index < -0.39 is 0 Å². The molecule has 1 aromatic carbocycles. The predicted molar refractivity (Wildman–Crippen MR) is 98.3 cm³/mol. The highest BCUT2D eigenvalue weighted by Gasteiger charge is 2.32. The molecule has 0 N–H and O–H groups in total. The molecule has 27 heavy (non-hydrogen) atoms. The number of carbonyl (C=O) groups excluding carboxylic acids is 1. The summed E-state index contributed by atoms with van der Waals surface area (Å²) >= 11 is 6.24. The number of aromatic nitrogens is 4. The molecule has 3 heterocycles. The van der Waals surface area contributed by atoms with Gasteiger partial charge in [0.1, 0.15) is 12.6 Å². The van der Waals surface area contributed by atoms with Crippen molar-refractivity contribution >= 4 is 23.2 Å². The number of anilines is 1. The van der Waals surface area contributed by atoms with Gasteiger partial charge in [-0.15, -0.1) is 5.10 Å². The lowest BCUT2D eigenvalue weighted by atomic mass is 10.1. The van der Waals surface area contributed by atoms with Gasteiger partial charge in [0, 0.05) is 6.07 Å². The number of aryl methyl sites for hydroxylation is 1. The highest BCUT2D eigenvalue weighted by molar-refractivity contribution is 6.32. The summed E-state index contributed by atoms with van der Waals surface area (Å²) in [6.45, 7) is 6.30. The number of carbonyl (C=O) groups is 1. The van der Waals surface area contributed by atoms with E-state index in [2.05, 4.69) is 15.5 Å². The lowest BCUT2D eigenvalue weighted by molar-refractivity contribution is 0.0955. The van der Waals surface area contributed by atoms with E-state index in [0.717, 1.165) is 5.69 Å². The van der Waals surface area contributed by atoms with Gasteiger partial charge in [-0.05, 0) is 32.9 Å². The molecule has 0 saturated carbocycles. The largest absolute Gasteiger partial charge is 0.485 e. The molecular weight excluding hydrogens is 370 g/mol. The number of halogens is 1. The predicted octanol–water partition coefficient (Wildman–Crippen LogP) is 3.01. The zero-order chi connectivity index (χ0) is 19.1. The van der Waals surface area contributed by atoms with Gasteiger partial charge in [0.25, 0.3) is 5.91 Å². The Kier molecular flexibility index (Phi) is 4.35. The number of ether oxygens (including phenoxy) is 1. The maximum absolute atomic E-state index is 13.2. The van der Waals surface area contributed by atoms with E-state index in [1.54, 1.807) is 28.6 Å². The number of rotatable bonds is 3. The Morgan fingerprint density at radius 1 is 1.37 bits per heavy atom. The van der Waals surface area contributed by atoms with E-state index in [1.807, 2.05) is 26.0 Å². The minimum atomic E-state index is -0.244. The first kappa shape index (κ1) is 17.5. The fraction of sp³-hybridized carbons (Fsp3) is 0.333. The number of benzene rings is 1. The third-order valence-corrected chi connectivity index (χ3v) is 4.71. The quantitative estimate of drug-likeness (QED) is 0.686. The van der Waals surface area contributed by atoms with Crippen molar-refractivity contribution in [1.82, 2.24) is 20.2 Å². The Bertz CT molecular complexity index is 1010. The molecule has 0 spiro atoms. The molecule has 2 aromatic heterocycles. The summed E-state index contributed by atoms with van der Waals surface area (Å²) in [5.74, 6) is 0.913. The van der Waals surface area contributed by atoms with Crippen LogP contribution in [0.25, 0.3) is 0 Å². The van der Waals surface area contributed by atoms with Crippen molar-refractivity contribution < 1.29 is 14.1 Å². The first-order chi connectivity index (χ1) is 12.9. The van der Waals surface area contributed by atoms with Gasteiger partial charge >= 0.3 is 0 Å². The first-order valence-corrected chi connectivity index (χ1v) is 8.91. The van der Waals surface area contributed by atoms with Crippen molar-refractivity contribution in [2.45, 2.75) is 33.4 Å². The second-order valence-corrected chi connectivity index (χ2v) is 6.96. The summed E-state index contributed by atoms with van der Waals surface area (Å²) in [7, 11) is 0. The van der Waals surface area contributed by atoms with Gasteiger partial charge < -0.3 is 9.26 Å². The Morgan fingerprint density at radius 3 is 2.93 bits per heavy atom. The average molecular weight is 388 g/mol. The minimum absolute atomic E-state index is 0.186. The number of fused-ring (bicyclic) bond motifs is 1. The van der Waals surface area contributed by atoms with Crippen LogP contribution in [0.15, 0.2) is 28.8 Å². The molecule has 1 aliphatic rings. The molecule has 1 atom stereocenters. The fourth-order valence-corrected chi connectivity index (χ4v) is 3.30. The van der Waals surface area contributed by atoms with Gasteiger partial charge in [0.2, 0.25) is 0 Å². The van der Waals surface area contributed by atoms with Crippen molar-refractivity contribution in [1.29, 1.82) is 0 Å². The van der Waals surface area contributed by atoms with Crippen LogP contribution < -0.4 is 9.64 Å². The second kappa shape index (κ2) is 6.70. The first-order valence-electron chi connectivity index (χ1n) is 8.53. The highest BCUT2D eigenvalue weighted by atomic mass is 35.5. The molecule has 140 valence electrons. The van der Waals surface area contributed by atoms with Crippen LogP contribution in [0, 0.1) is 13.8 Å². The smallest absolute Gasteiger partial charge is 0.280 e. The van der Waals surface area contributed by atoms with Gasteiger partial charge in [0.15, 0.2) is 17.2 Å². The number of amides is 1. The summed E-state index contributed by atoms with van der Waals surface area (Å²) in [4.78, 5) is 14.8. The van der Waals surface area contributed by atoms with Crippen LogP contribution >= 0.6 is 11.6 Å². The summed E-state index contributed by atoms with van der Waals surface area (Å²) in [6.07, 6.45) is -0.186. The molecular formula is C18H18ClN5O3. The third-order valence-electron chi connectivity index (χ3n) is 4.41. The van der Waals surface area contributed by atoms with E-state index >= 15 is 0 Å². The van der Waals surface area contributed by atoms with Gasteiger partial charge in [-0.3, -0.25) is 9.69 Å². The minimum Gasteiger partial charge on any atom is -0.485 e. The van der Waals surface area contributed by atoms with Crippen LogP contribution in [0.3, 0.4) is 0 Å². The molecule has 9 heteroatoms. The lowest BCUT2D eigenvalue weighted by Gasteiger charge is -2.33. The number of para-hydroxylation sites is 1. The Morgan fingerprint density at radius 2 is 2.19 bits per heavy atom. The molecule has 4 rings (SSSR count). The van der Waals surface area contributed by atoms with Gasteiger partial charge in [-0.1, -0.05) is 28.0 Å². The molecule has 0 saturated heterocycles. The molecule has 0 fully saturated rings. The zero-order valence-corrected chi connectivity index (χ0v) is 15.9. The van der Waals surface area contributed by atoms with Crippen molar-refractivity contribution in [3.8, 4) is 5.75 Å². The van der Waals surface area contributed by atoms with E-state index in [9.17, 15) is 4.79 Å². The molecule has 1 aliphatic heterocycles. The Balaban J connectivity index is 1.65. The topological polar surface area (TPSA) is 86.3 Å². The van der Waals surface area contributed by atoms with E-state index in [0.29, 0.717) is 41.0 Å². The van der Waals surface area contributed by atoms with Crippen LogP contribution in [0.1, 0.15) is 34.6 Å². The molecule has 0 radical (unpaired) electrons. The van der Waals surface area contributed by atoms with Crippen molar-refractivity contribution in [3.05, 3.63) is 52.1 Å². The SMILES string of the molecule is Cc1cc(Cn2nnc(C(=O)N3CC(C)Oc4c(Cl)cccc43)c2C)on1. The van der Waals surface area contributed by atoms with Crippen molar-refractivity contribution in [3.63, 3.8) is 0 Å². The third kappa shape index (κ3) is 3.16. The zero-order valence-electron chi connectivity index (χ0n) is 15.1. The van der Waals surface area contributed by atoms with Crippen LogP contribution in [-0.2, 0) is 6.54 Å². The molecule has 8 nitrogen and oxygen atoms in total. The maximum Gasteiger partial charge on any atom is 0.280 e. The monoisotopic (exact) mass is 387 g/mol. The van der Waals surface area contributed by atoms with Crippen LogP contribution in [0.4, 0.5) is 5.69 Å². The molecule has 0 aliphatic carbocycles. The molecule has 3 aromatic rings. The van der Waals surface area contributed by atoms with Crippen LogP contribution in [0.2, 0.25) is 5.02 Å². The van der Waals surface area contributed by atoms with Gasteiger partial charge in [0.05, 0.1) is 28.6 Å². The summed E-state index contributed by atoms with van der Waals surface area (Å²) in [5, 5.41) is 12.5. The summed E-state index contributed by atoms with van der Waals surface area (Å²) in [6, 6.07) is 7.16. The maximum atomic E-state index is 13.2. The van der Waals surface area contributed by atoms with Crippen LogP contribution in [0.5, 0.6) is 5.75 Å². The van der Waals surface area contributed by atoms with E-state index in [1.165, 1.54) is 0 Å². The second-order valence-electron chi connectivity index (χ2n) is 6.55. The molecule has 0 bridgehead atoms. The Hall–Kier alpha value is -2.87. The number of nitrogens with zero attached hydrogens (tertiary/aromatic N) is 5. The van der Waals surface area contributed by atoms with Gasteiger partial charge in [-0.25, -0.2) is 4.68 Å². The number of hydrogen-bond donors (Lipinski definition) is 0. The van der Waals surface area contributed by atoms with Crippen molar-refractivity contribution in [2.75, 3.05) is 11.4 Å². The van der Waals surface area contributed by atoms with E-state index in [-0.39, 0.29) is 17.7 Å². The Labute approximate surface area is 160 Å². The normalized spacial score (nSPS) is 16.1. The summed E-state index contributed by atoms with van der Waals surface area (Å²) in [5.41, 5.74) is 2.35. The molecule has 1 amide bonds. The standard InChI is InChI=1S/C18H18ClN5O3/c1-10-7-13(27-21-10)9-24-12(3)16(20-22-24)18(25)23-8-11(2)26-17-14(19)5-4-6-15(17)23/h4-7,11H,8-9H2,1-3H3. The lowest BCUT2D eigenvalue weighted by Crippen LogP contribution is -2.42. The average Bonchev–Trinajstić information content (AvgIpc) is 3.21. The highest BCUT2D eigenvalue weighted by Crippen LogP contribution is 2.39. The van der Waals surface area contributed by atoms with Gasteiger partial charge in [-0.2, -0.15) is 0 Å². The fourth-order valence-electron chi connectivity index (χ4n) is 3.09. The van der Waals surface area contributed by atoms with Crippen molar-refractivity contribution in [2.24, 2.45) is 0 Å². The molecule has 1 unspecified atom stereocenters. The number of hydrogen-bond acceptors (Lipinski definition) is 6. The summed E-state index contributed by atoms with van der Waals surface area (Å²) < 4.78 is 12.6. The van der Waals surface area contributed by atoms with Crippen LogP contribution in [-0.4, -0.2) is 38.7 Å².